The molecule has 120 valence electrons. The lowest BCUT2D eigenvalue weighted by Gasteiger charge is -2.28. The summed E-state index contributed by atoms with van der Waals surface area (Å²) in [5.74, 6) is 0.432. The molecule has 0 bridgehead atoms. The fourth-order valence-electron chi connectivity index (χ4n) is 2.56. The molecule has 0 aliphatic heterocycles. The van der Waals surface area contributed by atoms with Gasteiger partial charge in [-0.15, -0.1) is 11.3 Å². The number of phenolic OH excluding ortho intramolecular Hbond substituents is 1. The van der Waals surface area contributed by atoms with Gasteiger partial charge in [0, 0.05) is 17.5 Å². The number of benzene rings is 1. The van der Waals surface area contributed by atoms with Crippen molar-refractivity contribution in [3.05, 3.63) is 43.9 Å². The number of thiazole rings is 1. The van der Waals surface area contributed by atoms with Crippen LogP contribution in [0, 0.1) is 3.95 Å². The lowest BCUT2D eigenvalue weighted by Crippen LogP contribution is -2.18. The molecular weight excluding hydrogens is 310 g/mol. The lowest BCUT2D eigenvalue weighted by atomic mass is 9.78. The Bertz CT molecular complexity index is 692. The first-order valence-electron chi connectivity index (χ1n) is 7.52. The molecule has 0 spiro atoms. The summed E-state index contributed by atoms with van der Waals surface area (Å²) in [6.07, 6.45) is 0.805. The molecule has 1 heterocycles. The number of nitrogens with one attached hydrogen (secondary N) is 1. The van der Waals surface area contributed by atoms with Crippen LogP contribution in [-0.4, -0.2) is 10.1 Å². The number of aromatic hydroxyl groups is 1. The number of phenols is 1. The zero-order valence-corrected chi connectivity index (χ0v) is 15.8. The largest absolute Gasteiger partial charge is 0.507 e. The Morgan fingerprint density at radius 3 is 1.91 bits per heavy atom. The molecule has 2 N–H and O–H groups in total. The smallest absolute Gasteiger partial charge is 0.158 e. The van der Waals surface area contributed by atoms with Gasteiger partial charge in [-0.2, -0.15) is 0 Å². The summed E-state index contributed by atoms with van der Waals surface area (Å²) in [6.45, 7) is 12.8. The van der Waals surface area contributed by atoms with E-state index in [0.29, 0.717) is 5.75 Å². The summed E-state index contributed by atoms with van der Waals surface area (Å²) in [5, 5.41) is 12.8. The van der Waals surface area contributed by atoms with E-state index in [0.717, 1.165) is 27.2 Å². The van der Waals surface area contributed by atoms with E-state index < -0.39 is 0 Å². The van der Waals surface area contributed by atoms with E-state index in [1.54, 1.807) is 11.3 Å². The van der Waals surface area contributed by atoms with Crippen LogP contribution in [0.2, 0.25) is 0 Å². The first-order chi connectivity index (χ1) is 9.98. The van der Waals surface area contributed by atoms with E-state index in [1.165, 1.54) is 5.56 Å². The molecule has 0 saturated carbocycles. The van der Waals surface area contributed by atoms with Crippen LogP contribution in [0.4, 0.5) is 0 Å². The van der Waals surface area contributed by atoms with Gasteiger partial charge in [0.2, 0.25) is 0 Å². The maximum atomic E-state index is 10.7. The Kier molecular flexibility index (Phi) is 4.56. The molecule has 0 aliphatic rings. The first kappa shape index (κ1) is 17.2. The maximum absolute atomic E-state index is 10.7. The Morgan fingerprint density at radius 1 is 1.05 bits per heavy atom. The quantitative estimate of drug-likeness (QED) is 0.691. The Labute approximate surface area is 142 Å². The molecule has 2 aromatic rings. The van der Waals surface area contributed by atoms with Crippen LogP contribution in [0.15, 0.2) is 17.5 Å². The van der Waals surface area contributed by atoms with Crippen LogP contribution >= 0.6 is 23.6 Å². The second-order valence-corrected chi connectivity index (χ2v) is 9.44. The highest BCUT2D eigenvalue weighted by Gasteiger charge is 2.26. The number of aromatic nitrogens is 1. The highest BCUT2D eigenvalue weighted by molar-refractivity contribution is 7.73. The van der Waals surface area contributed by atoms with Gasteiger partial charge in [-0.1, -0.05) is 53.7 Å². The van der Waals surface area contributed by atoms with Crippen molar-refractivity contribution < 1.29 is 5.11 Å². The molecule has 0 saturated heterocycles. The second kappa shape index (κ2) is 5.82. The van der Waals surface area contributed by atoms with Gasteiger partial charge in [0.05, 0.1) is 0 Å². The summed E-state index contributed by atoms with van der Waals surface area (Å²) >= 11 is 6.72. The summed E-state index contributed by atoms with van der Waals surface area (Å²) in [7, 11) is 0. The average molecular weight is 336 g/mol. The third kappa shape index (κ3) is 3.79. The van der Waals surface area contributed by atoms with E-state index in [1.807, 2.05) is 0 Å². The molecule has 2 rings (SSSR count). The molecule has 4 heteroatoms. The summed E-state index contributed by atoms with van der Waals surface area (Å²) in [6, 6.07) is 4.25. The fraction of sp³-hybridized carbons (Fsp3) is 0.500. The molecule has 0 amide bonds. The van der Waals surface area contributed by atoms with E-state index in [9.17, 15) is 5.11 Å². The van der Waals surface area contributed by atoms with Crippen LogP contribution in [0.1, 0.15) is 63.9 Å². The van der Waals surface area contributed by atoms with E-state index in [4.69, 9.17) is 12.2 Å². The minimum absolute atomic E-state index is 0.0956. The molecule has 0 radical (unpaired) electrons. The van der Waals surface area contributed by atoms with Crippen molar-refractivity contribution in [3.63, 3.8) is 0 Å². The van der Waals surface area contributed by atoms with Gasteiger partial charge in [0.1, 0.15) is 5.75 Å². The monoisotopic (exact) mass is 335 g/mol. The van der Waals surface area contributed by atoms with Crippen LogP contribution < -0.4 is 0 Å². The normalized spacial score (nSPS) is 12.6. The highest BCUT2D eigenvalue weighted by Crippen LogP contribution is 2.40. The Morgan fingerprint density at radius 2 is 1.55 bits per heavy atom. The molecule has 0 aliphatic carbocycles. The van der Waals surface area contributed by atoms with Crippen molar-refractivity contribution in [1.29, 1.82) is 0 Å². The van der Waals surface area contributed by atoms with Crippen molar-refractivity contribution >= 4 is 23.6 Å². The fourth-order valence-corrected chi connectivity index (χ4v) is 3.42. The van der Waals surface area contributed by atoms with Crippen molar-refractivity contribution in [2.75, 3.05) is 0 Å². The predicted molar refractivity (Wildman–Crippen MR) is 97.8 cm³/mol. The molecule has 2 nitrogen and oxygen atoms in total. The van der Waals surface area contributed by atoms with Gasteiger partial charge in [0.15, 0.2) is 3.95 Å². The van der Waals surface area contributed by atoms with Gasteiger partial charge >= 0.3 is 0 Å². The standard InChI is InChI=1S/C18H25NOS2/c1-17(2,3)13-8-11(7-12-10-22-16(21)19-12)9-14(15(13)20)18(4,5)6/h8-10,20H,7H2,1-6H3,(H,19,21). The van der Waals surface area contributed by atoms with Crippen LogP contribution in [0.5, 0.6) is 5.75 Å². The van der Waals surface area contributed by atoms with Gasteiger partial charge in [-0.05, 0) is 39.7 Å². The SMILES string of the molecule is CC(C)(C)c1cc(Cc2csc(=S)[nH]2)cc(C(C)(C)C)c1O. The number of hydrogen-bond acceptors (Lipinski definition) is 3. The first-order valence-corrected chi connectivity index (χ1v) is 8.81. The summed E-state index contributed by atoms with van der Waals surface area (Å²) in [5.41, 5.74) is 4.15. The molecule has 1 aromatic carbocycles. The average Bonchev–Trinajstić information content (AvgIpc) is 2.74. The van der Waals surface area contributed by atoms with Crippen LogP contribution in [0.3, 0.4) is 0 Å². The number of aromatic amines is 1. The van der Waals surface area contributed by atoms with Gasteiger partial charge in [-0.25, -0.2) is 0 Å². The zero-order chi connectivity index (χ0) is 16.7. The topological polar surface area (TPSA) is 36.0 Å². The minimum atomic E-state index is -0.0956. The minimum Gasteiger partial charge on any atom is -0.507 e. The Balaban J connectivity index is 2.57. The molecule has 1 aromatic heterocycles. The number of rotatable bonds is 2. The van der Waals surface area contributed by atoms with E-state index >= 15 is 0 Å². The van der Waals surface area contributed by atoms with Crippen molar-refractivity contribution in [2.24, 2.45) is 0 Å². The summed E-state index contributed by atoms with van der Waals surface area (Å²) < 4.78 is 0.806. The zero-order valence-electron chi connectivity index (χ0n) is 14.2. The van der Waals surface area contributed by atoms with Crippen molar-refractivity contribution in [2.45, 2.75) is 58.8 Å². The predicted octanol–water partition coefficient (Wildman–Crippen LogP) is 5.70. The van der Waals surface area contributed by atoms with E-state index in [2.05, 4.69) is 64.0 Å². The van der Waals surface area contributed by atoms with Crippen molar-refractivity contribution in [1.82, 2.24) is 4.98 Å². The Hall–Kier alpha value is -1.13. The number of hydrogen-bond donors (Lipinski definition) is 2. The second-order valence-electron chi connectivity index (χ2n) is 7.89. The lowest BCUT2D eigenvalue weighted by molar-refractivity contribution is 0.423. The van der Waals surface area contributed by atoms with Crippen LogP contribution in [0.25, 0.3) is 0 Å². The molecule has 0 fully saturated rings. The van der Waals surface area contributed by atoms with Crippen molar-refractivity contribution in [3.8, 4) is 5.75 Å². The molecule has 0 atom stereocenters. The van der Waals surface area contributed by atoms with Gasteiger partial charge in [0.25, 0.3) is 0 Å². The third-order valence-corrected chi connectivity index (χ3v) is 4.86. The molecule has 22 heavy (non-hydrogen) atoms. The summed E-state index contributed by atoms with van der Waals surface area (Å²) in [4.78, 5) is 3.23. The van der Waals surface area contributed by atoms with Crippen LogP contribution in [-0.2, 0) is 17.3 Å². The van der Waals surface area contributed by atoms with Gasteiger partial charge in [-0.3, -0.25) is 0 Å². The molecular formula is C18H25NOS2. The molecule has 0 unspecified atom stereocenters. The van der Waals surface area contributed by atoms with Gasteiger partial charge < -0.3 is 10.1 Å². The number of H-pyrrole nitrogens is 1. The maximum Gasteiger partial charge on any atom is 0.158 e. The highest BCUT2D eigenvalue weighted by atomic mass is 32.1. The van der Waals surface area contributed by atoms with E-state index in [-0.39, 0.29) is 10.8 Å². The third-order valence-electron chi connectivity index (χ3n) is 3.75.